The number of sulfone groups is 1. The number of hydrogen-bond acceptors (Lipinski definition) is 4. The lowest BCUT2D eigenvalue weighted by Gasteiger charge is -2.19. The zero-order valence-electron chi connectivity index (χ0n) is 14.5. The Kier molecular flexibility index (Phi) is 4.36. The van der Waals surface area contributed by atoms with E-state index in [1.54, 1.807) is 45.0 Å². The number of carbonyl (C=O) groups is 1. The van der Waals surface area contributed by atoms with E-state index < -0.39 is 27.2 Å². The Bertz CT molecular complexity index is 1080. The van der Waals surface area contributed by atoms with Crippen LogP contribution in [0, 0.1) is 5.82 Å². The minimum absolute atomic E-state index is 0.0557. The minimum atomic E-state index is -4.07. The first-order valence-electron chi connectivity index (χ1n) is 7.94. The number of rotatable bonds is 3. The molecule has 1 N–H and O–H groups in total. The number of esters is 1. The van der Waals surface area contributed by atoms with E-state index >= 15 is 0 Å². The zero-order chi connectivity index (χ0) is 19.1. The molecule has 26 heavy (non-hydrogen) atoms. The van der Waals surface area contributed by atoms with Crippen molar-refractivity contribution in [2.45, 2.75) is 36.3 Å². The van der Waals surface area contributed by atoms with E-state index in [0.29, 0.717) is 10.9 Å². The molecule has 0 bridgehead atoms. The highest BCUT2D eigenvalue weighted by atomic mass is 32.2. The van der Waals surface area contributed by atoms with Gasteiger partial charge in [-0.25, -0.2) is 17.6 Å². The van der Waals surface area contributed by atoms with Crippen LogP contribution in [0.3, 0.4) is 0 Å². The largest absolute Gasteiger partial charge is 0.456 e. The fourth-order valence-electron chi connectivity index (χ4n) is 2.58. The highest BCUT2D eigenvalue weighted by Crippen LogP contribution is 2.31. The number of nitrogens with one attached hydrogen (secondary N) is 1. The van der Waals surface area contributed by atoms with Crippen molar-refractivity contribution in [3.63, 3.8) is 0 Å². The number of H-pyrrole nitrogens is 1. The fourth-order valence-corrected chi connectivity index (χ4v) is 4.02. The number of fused-ring (bicyclic) bond motifs is 1. The Morgan fingerprint density at radius 1 is 1.04 bits per heavy atom. The Morgan fingerprint density at radius 2 is 1.65 bits per heavy atom. The van der Waals surface area contributed by atoms with Crippen molar-refractivity contribution in [3.05, 3.63) is 59.9 Å². The van der Waals surface area contributed by atoms with Gasteiger partial charge in [-0.15, -0.1) is 0 Å². The molecular formula is C19H18FNO4S. The highest BCUT2D eigenvalue weighted by Gasteiger charge is 2.31. The van der Waals surface area contributed by atoms with Crippen molar-refractivity contribution < 1.29 is 22.3 Å². The molecule has 0 amide bonds. The van der Waals surface area contributed by atoms with Gasteiger partial charge in [0.15, 0.2) is 5.03 Å². The number of ether oxygens (including phenoxy) is 1. The van der Waals surface area contributed by atoms with Gasteiger partial charge in [-0.05, 0) is 51.1 Å². The van der Waals surface area contributed by atoms with Gasteiger partial charge in [-0.3, -0.25) is 0 Å². The second-order valence-corrected chi connectivity index (χ2v) is 8.72. The molecule has 0 unspecified atom stereocenters. The molecule has 5 nitrogen and oxygen atoms in total. The Morgan fingerprint density at radius 3 is 2.27 bits per heavy atom. The van der Waals surface area contributed by atoms with Crippen LogP contribution in [0.1, 0.15) is 31.1 Å². The Labute approximate surface area is 150 Å². The van der Waals surface area contributed by atoms with Crippen LogP contribution in [-0.2, 0) is 14.6 Å². The zero-order valence-corrected chi connectivity index (χ0v) is 15.4. The summed E-state index contributed by atoms with van der Waals surface area (Å²) in [5.74, 6) is -1.29. The van der Waals surface area contributed by atoms with Crippen molar-refractivity contribution in [2.24, 2.45) is 0 Å². The van der Waals surface area contributed by atoms with E-state index in [1.807, 2.05) is 0 Å². The molecule has 1 heterocycles. The average molecular weight is 375 g/mol. The van der Waals surface area contributed by atoms with Gasteiger partial charge in [0.2, 0.25) is 9.84 Å². The van der Waals surface area contributed by atoms with Crippen LogP contribution < -0.4 is 0 Å². The summed E-state index contributed by atoms with van der Waals surface area (Å²) in [6.45, 7) is 5.11. The lowest BCUT2D eigenvalue weighted by molar-refractivity contribution is 0.00674. The molecule has 2 aromatic carbocycles. The van der Waals surface area contributed by atoms with E-state index in [9.17, 15) is 17.6 Å². The first kappa shape index (κ1) is 18.1. The number of halogens is 1. The molecule has 3 rings (SSSR count). The summed E-state index contributed by atoms with van der Waals surface area (Å²) in [7, 11) is -4.07. The van der Waals surface area contributed by atoms with Gasteiger partial charge in [0.1, 0.15) is 17.0 Å². The number of hydrogen-bond donors (Lipinski definition) is 1. The number of carbonyl (C=O) groups excluding carboxylic acids is 1. The molecule has 136 valence electrons. The average Bonchev–Trinajstić information content (AvgIpc) is 2.94. The second-order valence-electron chi connectivity index (χ2n) is 6.83. The van der Waals surface area contributed by atoms with Crippen molar-refractivity contribution in [3.8, 4) is 0 Å². The first-order valence-corrected chi connectivity index (χ1v) is 9.42. The molecule has 7 heteroatoms. The molecule has 0 fully saturated rings. The maximum atomic E-state index is 13.2. The molecule has 3 aromatic rings. The van der Waals surface area contributed by atoms with Crippen LogP contribution in [-0.4, -0.2) is 25.0 Å². The van der Waals surface area contributed by atoms with Crippen molar-refractivity contribution in [1.29, 1.82) is 0 Å². The number of para-hydroxylation sites is 1. The van der Waals surface area contributed by atoms with E-state index in [0.717, 1.165) is 24.3 Å². The van der Waals surface area contributed by atoms with Gasteiger partial charge in [-0.2, -0.15) is 0 Å². The van der Waals surface area contributed by atoms with E-state index in [2.05, 4.69) is 4.98 Å². The van der Waals surface area contributed by atoms with Crippen molar-refractivity contribution >= 4 is 26.7 Å². The lowest BCUT2D eigenvalue weighted by atomic mass is 10.1. The number of aromatic amines is 1. The lowest BCUT2D eigenvalue weighted by Crippen LogP contribution is -2.24. The molecule has 0 aliphatic carbocycles. The minimum Gasteiger partial charge on any atom is -0.456 e. The second kappa shape index (κ2) is 6.25. The molecule has 0 saturated heterocycles. The summed E-state index contributed by atoms with van der Waals surface area (Å²) in [5, 5.41) is 0.182. The molecule has 0 aliphatic heterocycles. The van der Waals surface area contributed by atoms with Crippen LogP contribution in [0.5, 0.6) is 0 Å². The topological polar surface area (TPSA) is 76.2 Å². The maximum absolute atomic E-state index is 13.2. The third-order valence-corrected chi connectivity index (χ3v) is 5.40. The smallest absolute Gasteiger partial charge is 0.342 e. The fraction of sp³-hybridized carbons (Fsp3) is 0.211. The first-order chi connectivity index (χ1) is 12.1. The normalized spacial score (nSPS) is 12.3. The molecule has 0 saturated carbocycles. The van der Waals surface area contributed by atoms with Gasteiger partial charge in [0, 0.05) is 10.9 Å². The molecule has 1 aromatic heterocycles. The standard InChI is InChI=1S/C19H18FNO4S/c1-19(2,3)25-18(22)16-14-6-4-5-7-15(14)21-17(16)26(23,24)13-10-8-12(20)9-11-13/h4-11,21H,1-3H3. The summed E-state index contributed by atoms with van der Waals surface area (Å²) in [6.07, 6.45) is 0. The molecule has 0 aliphatic rings. The monoisotopic (exact) mass is 375 g/mol. The predicted molar refractivity (Wildman–Crippen MR) is 95.3 cm³/mol. The summed E-state index contributed by atoms with van der Waals surface area (Å²) in [6, 6.07) is 11.2. The Balaban J connectivity index is 2.24. The van der Waals surface area contributed by atoms with Crippen LogP contribution in [0.4, 0.5) is 4.39 Å². The van der Waals surface area contributed by atoms with E-state index in [-0.39, 0.29) is 15.5 Å². The van der Waals surface area contributed by atoms with Crippen molar-refractivity contribution in [1.82, 2.24) is 4.98 Å². The molecule has 0 radical (unpaired) electrons. The molecule has 0 spiro atoms. The highest BCUT2D eigenvalue weighted by molar-refractivity contribution is 7.91. The summed E-state index contributed by atoms with van der Waals surface area (Å²) in [4.78, 5) is 15.4. The SMILES string of the molecule is CC(C)(C)OC(=O)c1c(S(=O)(=O)c2ccc(F)cc2)[nH]c2ccccc12. The van der Waals surface area contributed by atoms with Crippen LogP contribution in [0.2, 0.25) is 0 Å². The van der Waals surface area contributed by atoms with Gasteiger partial charge in [0.25, 0.3) is 0 Å². The number of benzene rings is 2. The van der Waals surface area contributed by atoms with Crippen LogP contribution in [0.25, 0.3) is 10.9 Å². The molecule has 0 atom stereocenters. The molecular weight excluding hydrogens is 357 g/mol. The summed E-state index contributed by atoms with van der Waals surface area (Å²) >= 11 is 0. The third kappa shape index (κ3) is 3.35. The summed E-state index contributed by atoms with van der Waals surface area (Å²) in [5.41, 5.74) is -0.347. The quantitative estimate of drug-likeness (QED) is 0.552. The van der Waals surface area contributed by atoms with E-state index in [1.165, 1.54) is 0 Å². The van der Waals surface area contributed by atoms with Gasteiger partial charge < -0.3 is 9.72 Å². The van der Waals surface area contributed by atoms with E-state index in [4.69, 9.17) is 4.74 Å². The van der Waals surface area contributed by atoms with Gasteiger partial charge >= 0.3 is 5.97 Å². The maximum Gasteiger partial charge on any atom is 0.342 e. The Hall–Kier alpha value is -2.67. The van der Waals surface area contributed by atoms with Gasteiger partial charge in [0.05, 0.1) is 4.90 Å². The number of aromatic nitrogens is 1. The van der Waals surface area contributed by atoms with Gasteiger partial charge in [-0.1, -0.05) is 18.2 Å². The van der Waals surface area contributed by atoms with Crippen LogP contribution >= 0.6 is 0 Å². The predicted octanol–water partition coefficient (Wildman–Crippen LogP) is 4.10. The van der Waals surface area contributed by atoms with Crippen LogP contribution in [0.15, 0.2) is 58.5 Å². The third-order valence-electron chi connectivity index (χ3n) is 3.67. The summed E-state index contributed by atoms with van der Waals surface area (Å²) < 4.78 is 44.6. The van der Waals surface area contributed by atoms with Crippen molar-refractivity contribution in [2.75, 3.05) is 0 Å².